The van der Waals surface area contributed by atoms with Crippen molar-refractivity contribution in [2.45, 2.75) is 33.5 Å². The second kappa shape index (κ2) is 15.0. The SMILES string of the molecule is CCOc1cc(/C=N/NC(=O)Cc2ccccc2)ccc1OCc1ccc(OCc2ccccc2)c(OCC)c1. The standard InChI is InChI=1S/C33H34N2O5/c1-3-37-31-19-27(22-34-35-33(36)21-25-11-7-5-8-12-25)15-17-29(31)40-24-28-16-18-30(32(20-28)38-4-2)39-23-26-13-9-6-10-14-26/h5-20,22H,3-4,21,23-24H2,1-2H3,(H,35,36)/b34-22+. The lowest BCUT2D eigenvalue weighted by molar-refractivity contribution is -0.120. The Morgan fingerprint density at radius 2 is 1.23 bits per heavy atom. The molecule has 0 aliphatic carbocycles. The van der Waals surface area contributed by atoms with Gasteiger partial charge in [0.15, 0.2) is 23.0 Å². The third-order valence-corrected chi connectivity index (χ3v) is 5.82. The number of rotatable bonds is 14. The predicted molar refractivity (Wildman–Crippen MR) is 156 cm³/mol. The number of amides is 1. The topological polar surface area (TPSA) is 78.4 Å². The van der Waals surface area contributed by atoms with E-state index < -0.39 is 0 Å². The van der Waals surface area contributed by atoms with Crippen molar-refractivity contribution in [1.29, 1.82) is 0 Å². The lowest BCUT2D eigenvalue weighted by Gasteiger charge is -2.15. The molecule has 0 saturated carbocycles. The van der Waals surface area contributed by atoms with E-state index in [0.29, 0.717) is 49.4 Å². The zero-order valence-corrected chi connectivity index (χ0v) is 22.8. The van der Waals surface area contributed by atoms with Crippen LogP contribution in [0.15, 0.2) is 102 Å². The predicted octanol–water partition coefficient (Wildman–Crippen LogP) is 6.33. The monoisotopic (exact) mass is 538 g/mol. The number of benzene rings is 4. The van der Waals surface area contributed by atoms with Crippen molar-refractivity contribution in [3.63, 3.8) is 0 Å². The lowest BCUT2D eigenvalue weighted by Crippen LogP contribution is -2.19. The fraction of sp³-hybridized carbons (Fsp3) is 0.212. The normalized spacial score (nSPS) is 10.8. The highest BCUT2D eigenvalue weighted by Crippen LogP contribution is 2.32. The maximum absolute atomic E-state index is 12.1. The number of ether oxygens (including phenoxy) is 4. The summed E-state index contributed by atoms with van der Waals surface area (Å²) in [6, 6.07) is 30.9. The van der Waals surface area contributed by atoms with E-state index in [2.05, 4.69) is 10.5 Å². The van der Waals surface area contributed by atoms with Crippen LogP contribution in [0.5, 0.6) is 23.0 Å². The smallest absolute Gasteiger partial charge is 0.244 e. The van der Waals surface area contributed by atoms with E-state index in [1.54, 1.807) is 6.21 Å². The summed E-state index contributed by atoms with van der Waals surface area (Å²) in [6.07, 6.45) is 1.85. The highest BCUT2D eigenvalue weighted by Gasteiger charge is 2.10. The van der Waals surface area contributed by atoms with Crippen LogP contribution in [0.3, 0.4) is 0 Å². The Hall–Kier alpha value is -4.78. The largest absolute Gasteiger partial charge is 0.490 e. The van der Waals surface area contributed by atoms with Gasteiger partial charge in [-0.2, -0.15) is 5.10 Å². The number of carbonyl (C=O) groups is 1. The van der Waals surface area contributed by atoms with Gasteiger partial charge in [-0.05, 0) is 66.4 Å². The first-order valence-corrected chi connectivity index (χ1v) is 13.3. The molecule has 206 valence electrons. The third-order valence-electron chi connectivity index (χ3n) is 5.82. The summed E-state index contributed by atoms with van der Waals surface area (Å²) in [5.41, 5.74) is 6.29. The van der Waals surface area contributed by atoms with Crippen LogP contribution >= 0.6 is 0 Å². The second-order valence-electron chi connectivity index (χ2n) is 8.87. The molecular formula is C33H34N2O5. The first kappa shape index (κ1) is 28.2. The van der Waals surface area contributed by atoms with Gasteiger partial charge in [0.05, 0.1) is 25.8 Å². The van der Waals surface area contributed by atoms with E-state index in [0.717, 1.165) is 22.3 Å². The Labute approximate surface area is 235 Å². The number of hydrogen-bond donors (Lipinski definition) is 1. The molecule has 0 spiro atoms. The highest BCUT2D eigenvalue weighted by molar-refractivity contribution is 5.84. The molecule has 0 aliphatic heterocycles. The Morgan fingerprint density at radius 1 is 0.650 bits per heavy atom. The summed E-state index contributed by atoms with van der Waals surface area (Å²) in [7, 11) is 0. The van der Waals surface area contributed by atoms with Crippen molar-refractivity contribution in [1.82, 2.24) is 5.43 Å². The van der Waals surface area contributed by atoms with E-state index in [1.807, 2.05) is 111 Å². The van der Waals surface area contributed by atoms with Crippen LogP contribution in [0.4, 0.5) is 0 Å². The minimum atomic E-state index is -0.185. The Morgan fingerprint density at radius 3 is 1.88 bits per heavy atom. The summed E-state index contributed by atoms with van der Waals surface area (Å²) in [5.74, 6) is 2.37. The first-order chi connectivity index (χ1) is 19.6. The molecule has 0 saturated heterocycles. The number of carbonyl (C=O) groups excluding carboxylic acids is 1. The van der Waals surface area contributed by atoms with Crippen molar-refractivity contribution in [3.05, 3.63) is 119 Å². The van der Waals surface area contributed by atoms with Crippen LogP contribution in [0.25, 0.3) is 0 Å². The summed E-state index contributed by atoms with van der Waals surface area (Å²) < 4.78 is 23.8. The molecule has 4 aromatic rings. The van der Waals surface area contributed by atoms with Gasteiger partial charge in [0.1, 0.15) is 13.2 Å². The van der Waals surface area contributed by atoms with Gasteiger partial charge in [-0.25, -0.2) is 5.43 Å². The maximum atomic E-state index is 12.1. The van der Waals surface area contributed by atoms with Gasteiger partial charge in [0.2, 0.25) is 5.91 Å². The molecule has 0 atom stereocenters. The summed E-state index contributed by atoms with van der Waals surface area (Å²) >= 11 is 0. The molecule has 0 aromatic heterocycles. The first-order valence-electron chi connectivity index (χ1n) is 13.3. The van der Waals surface area contributed by atoms with Gasteiger partial charge in [-0.3, -0.25) is 4.79 Å². The molecule has 1 N–H and O–H groups in total. The fourth-order valence-corrected chi connectivity index (χ4v) is 3.92. The van der Waals surface area contributed by atoms with Gasteiger partial charge in [-0.1, -0.05) is 66.7 Å². The van der Waals surface area contributed by atoms with E-state index in [1.165, 1.54) is 0 Å². The summed E-state index contributed by atoms with van der Waals surface area (Å²) in [4.78, 5) is 12.1. The van der Waals surface area contributed by atoms with Crippen LogP contribution in [0, 0.1) is 0 Å². The van der Waals surface area contributed by atoms with Gasteiger partial charge >= 0.3 is 0 Å². The average Bonchev–Trinajstić information content (AvgIpc) is 2.97. The van der Waals surface area contributed by atoms with Gasteiger partial charge < -0.3 is 18.9 Å². The van der Waals surface area contributed by atoms with Gasteiger partial charge in [0.25, 0.3) is 0 Å². The van der Waals surface area contributed by atoms with Crippen molar-refractivity contribution in [2.24, 2.45) is 5.10 Å². The number of nitrogens with zero attached hydrogens (tertiary/aromatic N) is 1. The van der Waals surface area contributed by atoms with E-state index in [4.69, 9.17) is 18.9 Å². The fourth-order valence-electron chi connectivity index (χ4n) is 3.92. The zero-order valence-electron chi connectivity index (χ0n) is 22.8. The lowest BCUT2D eigenvalue weighted by atomic mass is 10.1. The minimum absolute atomic E-state index is 0.185. The molecule has 0 aliphatic rings. The van der Waals surface area contributed by atoms with E-state index in [9.17, 15) is 4.79 Å². The number of nitrogens with one attached hydrogen (secondary N) is 1. The van der Waals surface area contributed by atoms with Gasteiger partial charge in [-0.15, -0.1) is 0 Å². The van der Waals surface area contributed by atoms with E-state index in [-0.39, 0.29) is 12.3 Å². The quantitative estimate of drug-likeness (QED) is 0.150. The maximum Gasteiger partial charge on any atom is 0.244 e. The molecule has 4 rings (SSSR count). The number of hydrogen-bond acceptors (Lipinski definition) is 6. The molecule has 0 heterocycles. The van der Waals surface area contributed by atoms with Crippen LogP contribution in [0.1, 0.15) is 36.1 Å². The van der Waals surface area contributed by atoms with Gasteiger partial charge in [0, 0.05) is 0 Å². The second-order valence-corrected chi connectivity index (χ2v) is 8.87. The molecule has 1 amide bonds. The van der Waals surface area contributed by atoms with Crippen LogP contribution < -0.4 is 24.4 Å². The summed E-state index contributed by atoms with van der Waals surface area (Å²) in [5, 5.41) is 4.09. The van der Waals surface area contributed by atoms with Crippen LogP contribution in [0.2, 0.25) is 0 Å². The Balaban J connectivity index is 1.37. The average molecular weight is 539 g/mol. The Bertz CT molecular complexity index is 1390. The van der Waals surface area contributed by atoms with Crippen molar-refractivity contribution in [3.8, 4) is 23.0 Å². The molecule has 4 aromatic carbocycles. The zero-order chi connectivity index (χ0) is 28.0. The molecule has 0 radical (unpaired) electrons. The molecule has 0 fully saturated rings. The highest BCUT2D eigenvalue weighted by atomic mass is 16.5. The van der Waals surface area contributed by atoms with Crippen molar-refractivity contribution >= 4 is 12.1 Å². The van der Waals surface area contributed by atoms with Crippen LogP contribution in [-0.4, -0.2) is 25.3 Å². The molecule has 40 heavy (non-hydrogen) atoms. The molecule has 7 nitrogen and oxygen atoms in total. The van der Waals surface area contributed by atoms with Crippen molar-refractivity contribution in [2.75, 3.05) is 13.2 Å². The Kier molecular flexibility index (Phi) is 10.6. The molecule has 0 bridgehead atoms. The molecular weight excluding hydrogens is 504 g/mol. The van der Waals surface area contributed by atoms with E-state index >= 15 is 0 Å². The minimum Gasteiger partial charge on any atom is -0.490 e. The number of hydrazone groups is 1. The molecule has 7 heteroatoms. The summed E-state index contributed by atoms with van der Waals surface area (Å²) in [6.45, 7) is 5.64. The molecule has 0 unspecified atom stereocenters. The van der Waals surface area contributed by atoms with Crippen LogP contribution in [-0.2, 0) is 24.4 Å². The third kappa shape index (κ3) is 8.63. The van der Waals surface area contributed by atoms with Crippen molar-refractivity contribution < 1.29 is 23.7 Å².